The zero-order valence-electron chi connectivity index (χ0n) is 10.7. The van der Waals surface area contributed by atoms with Crippen molar-refractivity contribution in [2.75, 3.05) is 0 Å². The Morgan fingerprint density at radius 1 is 1.29 bits per heavy atom. The first-order valence-electron chi connectivity index (χ1n) is 6.49. The first-order valence-corrected chi connectivity index (χ1v) is 6.49. The second-order valence-electron chi connectivity index (χ2n) is 5.34. The number of pyridine rings is 1. The van der Waals surface area contributed by atoms with Gasteiger partial charge in [0.25, 0.3) is 0 Å². The summed E-state index contributed by atoms with van der Waals surface area (Å²) >= 11 is 0. The van der Waals surface area contributed by atoms with E-state index in [0.717, 1.165) is 36.1 Å². The monoisotopic (exact) mass is 234 g/mol. The number of hydrogen-bond donors (Lipinski definition) is 1. The highest BCUT2D eigenvalue weighted by Crippen LogP contribution is 2.31. The SMILES string of the molecule is CC1CC(C)CC(Oc2ccnc(CN)c2)C1. The summed E-state index contributed by atoms with van der Waals surface area (Å²) in [4.78, 5) is 4.18. The minimum absolute atomic E-state index is 0.349. The van der Waals surface area contributed by atoms with Crippen molar-refractivity contribution in [1.82, 2.24) is 4.98 Å². The van der Waals surface area contributed by atoms with Crippen LogP contribution in [0.2, 0.25) is 0 Å². The number of nitrogens with two attached hydrogens (primary N) is 1. The fraction of sp³-hybridized carbons (Fsp3) is 0.643. The van der Waals surface area contributed by atoms with Crippen LogP contribution in [0, 0.1) is 11.8 Å². The van der Waals surface area contributed by atoms with Gasteiger partial charge in [0.05, 0.1) is 11.8 Å². The first-order chi connectivity index (χ1) is 8.17. The molecule has 1 aliphatic carbocycles. The lowest BCUT2D eigenvalue weighted by molar-refractivity contribution is 0.101. The van der Waals surface area contributed by atoms with Gasteiger partial charge in [-0.3, -0.25) is 4.98 Å². The maximum atomic E-state index is 6.04. The van der Waals surface area contributed by atoms with Gasteiger partial charge in [0.2, 0.25) is 0 Å². The van der Waals surface area contributed by atoms with Crippen molar-refractivity contribution in [3.05, 3.63) is 24.0 Å². The summed E-state index contributed by atoms with van der Waals surface area (Å²) in [6, 6.07) is 3.87. The van der Waals surface area contributed by atoms with Crippen molar-refractivity contribution < 1.29 is 4.74 Å². The molecule has 1 saturated carbocycles. The molecule has 0 aromatic carbocycles. The van der Waals surface area contributed by atoms with Crippen LogP contribution in [0.1, 0.15) is 38.8 Å². The van der Waals surface area contributed by atoms with Crippen LogP contribution in [0.4, 0.5) is 0 Å². The van der Waals surface area contributed by atoms with Crippen molar-refractivity contribution in [2.24, 2.45) is 17.6 Å². The Morgan fingerprint density at radius 2 is 2.00 bits per heavy atom. The fourth-order valence-corrected chi connectivity index (χ4v) is 2.80. The topological polar surface area (TPSA) is 48.1 Å². The first kappa shape index (κ1) is 12.4. The summed E-state index contributed by atoms with van der Waals surface area (Å²) in [5.41, 5.74) is 6.47. The van der Waals surface area contributed by atoms with E-state index in [2.05, 4.69) is 18.8 Å². The van der Waals surface area contributed by atoms with Crippen molar-refractivity contribution in [3.63, 3.8) is 0 Å². The molecule has 94 valence electrons. The van der Waals surface area contributed by atoms with Crippen LogP contribution in [0.15, 0.2) is 18.3 Å². The van der Waals surface area contributed by atoms with Crippen molar-refractivity contribution in [1.29, 1.82) is 0 Å². The maximum absolute atomic E-state index is 6.04. The highest BCUT2D eigenvalue weighted by atomic mass is 16.5. The number of nitrogens with zero attached hydrogens (tertiary/aromatic N) is 1. The summed E-state index contributed by atoms with van der Waals surface area (Å²) < 4.78 is 6.04. The van der Waals surface area contributed by atoms with Gasteiger partial charge in [0, 0.05) is 18.8 Å². The molecule has 1 aromatic rings. The highest BCUT2D eigenvalue weighted by molar-refractivity contribution is 5.22. The Bertz CT molecular complexity index is 357. The van der Waals surface area contributed by atoms with Gasteiger partial charge < -0.3 is 10.5 Å². The van der Waals surface area contributed by atoms with Crippen LogP contribution in [0.25, 0.3) is 0 Å². The van der Waals surface area contributed by atoms with E-state index < -0.39 is 0 Å². The van der Waals surface area contributed by atoms with Gasteiger partial charge in [-0.05, 0) is 37.2 Å². The molecule has 2 atom stereocenters. The van der Waals surface area contributed by atoms with Gasteiger partial charge >= 0.3 is 0 Å². The predicted octanol–water partition coefficient (Wildman–Crippen LogP) is 2.74. The average molecular weight is 234 g/mol. The molecule has 0 bridgehead atoms. The van der Waals surface area contributed by atoms with Gasteiger partial charge in [-0.15, -0.1) is 0 Å². The molecule has 1 aromatic heterocycles. The fourth-order valence-electron chi connectivity index (χ4n) is 2.80. The molecule has 3 nitrogen and oxygen atoms in total. The van der Waals surface area contributed by atoms with E-state index in [9.17, 15) is 0 Å². The van der Waals surface area contributed by atoms with E-state index in [0.29, 0.717) is 12.6 Å². The summed E-state index contributed by atoms with van der Waals surface area (Å²) in [6.07, 6.45) is 5.76. The van der Waals surface area contributed by atoms with E-state index in [1.807, 2.05) is 12.1 Å². The molecule has 1 aliphatic rings. The molecule has 2 unspecified atom stereocenters. The summed E-state index contributed by atoms with van der Waals surface area (Å²) in [7, 11) is 0. The van der Waals surface area contributed by atoms with Gasteiger partial charge in [0.1, 0.15) is 5.75 Å². The van der Waals surface area contributed by atoms with Crippen LogP contribution in [0.3, 0.4) is 0 Å². The Hall–Kier alpha value is -1.09. The Balaban J connectivity index is 1.99. The number of hydrogen-bond acceptors (Lipinski definition) is 3. The van der Waals surface area contributed by atoms with Crippen LogP contribution in [-0.2, 0) is 6.54 Å². The van der Waals surface area contributed by atoms with Crippen molar-refractivity contribution in [3.8, 4) is 5.75 Å². The number of aromatic nitrogens is 1. The minimum Gasteiger partial charge on any atom is -0.490 e. The average Bonchev–Trinajstić information content (AvgIpc) is 2.28. The third-order valence-corrected chi connectivity index (χ3v) is 3.44. The summed E-state index contributed by atoms with van der Waals surface area (Å²) in [5, 5.41) is 0. The van der Waals surface area contributed by atoms with Gasteiger partial charge in [-0.2, -0.15) is 0 Å². The lowest BCUT2D eigenvalue weighted by Crippen LogP contribution is -2.28. The van der Waals surface area contributed by atoms with Gasteiger partial charge in [-0.1, -0.05) is 13.8 Å². The van der Waals surface area contributed by atoms with Gasteiger partial charge in [0.15, 0.2) is 0 Å². The number of rotatable bonds is 3. The van der Waals surface area contributed by atoms with Crippen molar-refractivity contribution >= 4 is 0 Å². The molecule has 1 heterocycles. The molecule has 0 radical (unpaired) electrons. The molecule has 0 aliphatic heterocycles. The third kappa shape index (κ3) is 3.43. The lowest BCUT2D eigenvalue weighted by Gasteiger charge is -2.31. The normalized spacial score (nSPS) is 29.0. The van der Waals surface area contributed by atoms with E-state index >= 15 is 0 Å². The molecule has 2 N–H and O–H groups in total. The van der Waals surface area contributed by atoms with E-state index in [-0.39, 0.29) is 0 Å². The number of ether oxygens (including phenoxy) is 1. The quantitative estimate of drug-likeness (QED) is 0.874. The Morgan fingerprint density at radius 3 is 2.65 bits per heavy atom. The molecule has 17 heavy (non-hydrogen) atoms. The molecular weight excluding hydrogens is 212 g/mol. The lowest BCUT2D eigenvalue weighted by atomic mass is 9.82. The van der Waals surface area contributed by atoms with Crippen molar-refractivity contribution in [2.45, 2.75) is 45.8 Å². The maximum Gasteiger partial charge on any atom is 0.123 e. The zero-order valence-corrected chi connectivity index (χ0v) is 10.7. The third-order valence-electron chi connectivity index (χ3n) is 3.44. The van der Waals surface area contributed by atoms with Crippen LogP contribution in [-0.4, -0.2) is 11.1 Å². The minimum atomic E-state index is 0.349. The second-order valence-corrected chi connectivity index (χ2v) is 5.34. The van der Waals surface area contributed by atoms with Crippen LogP contribution in [0.5, 0.6) is 5.75 Å². The predicted molar refractivity (Wildman–Crippen MR) is 68.7 cm³/mol. The van der Waals surface area contributed by atoms with E-state index in [1.54, 1.807) is 6.20 Å². The molecular formula is C14H22N2O. The van der Waals surface area contributed by atoms with E-state index in [1.165, 1.54) is 6.42 Å². The zero-order chi connectivity index (χ0) is 12.3. The smallest absolute Gasteiger partial charge is 0.123 e. The molecule has 1 fully saturated rings. The Labute approximate surface area is 103 Å². The van der Waals surface area contributed by atoms with Crippen LogP contribution < -0.4 is 10.5 Å². The molecule has 0 saturated heterocycles. The standard InChI is InChI=1S/C14H22N2O/c1-10-5-11(2)7-14(6-10)17-13-3-4-16-12(8-13)9-15/h3-4,8,10-11,14H,5-7,9,15H2,1-2H3. The molecule has 0 amide bonds. The largest absolute Gasteiger partial charge is 0.490 e. The molecule has 0 spiro atoms. The highest BCUT2D eigenvalue weighted by Gasteiger charge is 2.25. The van der Waals surface area contributed by atoms with E-state index in [4.69, 9.17) is 10.5 Å². The second kappa shape index (κ2) is 5.50. The summed E-state index contributed by atoms with van der Waals surface area (Å²) in [5.74, 6) is 2.44. The van der Waals surface area contributed by atoms with Crippen LogP contribution >= 0.6 is 0 Å². The van der Waals surface area contributed by atoms with Gasteiger partial charge in [-0.25, -0.2) is 0 Å². The Kier molecular flexibility index (Phi) is 4.00. The summed E-state index contributed by atoms with van der Waals surface area (Å²) in [6.45, 7) is 5.09. The molecule has 3 heteroatoms. The molecule has 2 rings (SSSR count).